The van der Waals surface area contributed by atoms with Gasteiger partial charge in [-0.3, -0.25) is 4.79 Å². The lowest BCUT2D eigenvalue weighted by atomic mass is 10.2. The summed E-state index contributed by atoms with van der Waals surface area (Å²) in [5.41, 5.74) is 0.736. The van der Waals surface area contributed by atoms with E-state index in [1.165, 1.54) is 0 Å². The summed E-state index contributed by atoms with van der Waals surface area (Å²) in [7, 11) is -4.07. The van der Waals surface area contributed by atoms with Gasteiger partial charge in [0.05, 0.1) is 0 Å². The summed E-state index contributed by atoms with van der Waals surface area (Å²) in [6.45, 7) is 6.97. The van der Waals surface area contributed by atoms with E-state index < -0.39 is 13.1 Å². The van der Waals surface area contributed by atoms with E-state index in [0.29, 0.717) is 11.5 Å². The molecule has 0 heterocycles. The fourth-order valence-corrected chi connectivity index (χ4v) is 3.17. The van der Waals surface area contributed by atoms with Gasteiger partial charge in [-0.1, -0.05) is 43.0 Å². The minimum atomic E-state index is -4.07. The Morgan fingerprint density at radius 3 is 1.73 bits per heavy atom. The van der Waals surface area contributed by atoms with E-state index in [0.717, 1.165) is 17.2 Å². The van der Waals surface area contributed by atoms with Crippen LogP contribution in [0, 0.1) is 13.8 Å². The van der Waals surface area contributed by atoms with Gasteiger partial charge >= 0.3 is 7.60 Å². The lowest BCUT2D eigenvalue weighted by Gasteiger charge is -2.19. The van der Waals surface area contributed by atoms with Crippen molar-refractivity contribution < 1.29 is 18.4 Å². The fourth-order valence-electron chi connectivity index (χ4n) is 1.80. The van der Waals surface area contributed by atoms with Gasteiger partial charge < -0.3 is 9.05 Å². The van der Waals surface area contributed by atoms with Crippen LogP contribution in [0.25, 0.3) is 0 Å². The number of hydrogen-bond donors (Lipinski definition) is 0. The Kier molecular flexibility index (Phi) is 4.84. The van der Waals surface area contributed by atoms with E-state index in [1.54, 1.807) is 50.2 Å². The number of carbonyl (C=O) groups is 1. The molecule has 0 unspecified atom stereocenters. The van der Waals surface area contributed by atoms with Crippen LogP contribution in [-0.2, 0) is 9.36 Å². The van der Waals surface area contributed by atoms with E-state index >= 15 is 0 Å². The van der Waals surface area contributed by atoms with Crippen molar-refractivity contribution in [2.75, 3.05) is 0 Å². The monoisotopic (exact) mass is 316 g/mol. The zero-order chi connectivity index (χ0) is 16.2. The molecule has 0 saturated heterocycles. The second-order valence-electron chi connectivity index (χ2n) is 4.75. The highest BCUT2D eigenvalue weighted by Gasteiger charge is 2.37. The van der Waals surface area contributed by atoms with Gasteiger partial charge in [-0.15, -0.1) is 0 Å². The Morgan fingerprint density at radius 2 is 1.36 bits per heavy atom. The number of para-hydroxylation sites is 2. The first-order valence-electron chi connectivity index (χ1n) is 6.74. The molecule has 0 radical (unpaired) electrons. The van der Waals surface area contributed by atoms with Crippen LogP contribution in [0.2, 0.25) is 0 Å². The highest BCUT2D eigenvalue weighted by molar-refractivity contribution is 7.73. The molecule has 0 aromatic heterocycles. The second-order valence-corrected chi connectivity index (χ2v) is 6.55. The van der Waals surface area contributed by atoms with E-state index in [2.05, 4.69) is 6.58 Å². The molecule has 0 amide bonds. The molecular weight excluding hydrogens is 299 g/mol. The summed E-state index contributed by atoms with van der Waals surface area (Å²) >= 11 is 0. The predicted octanol–water partition coefficient (Wildman–Crippen LogP) is 4.67. The van der Waals surface area contributed by atoms with E-state index in [9.17, 15) is 9.36 Å². The minimum Gasteiger partial charge on any atom is -0.410 e. The van der Waals surface area contributed by atoms with Gasteiger partial charge in [0.2, 0.25) is 0 Å². The molecule has 2 aromatic rings. The number of hydrogen-bond acceptors (Lipinski definition) is 4. The number of allylic oxidation sites excluding steroid dienone is 1. The summed E-state index contributed by atoms with van der Waals surface area (Å²) in [4.78, 5) is 12.0. The van der Waals surface area contributed by atoms with Crippen molar-refractivity contribution in [3.05, 3.63) is 72.3 Å². The molecule has 2 rings (SSSR count). The summed E-state index contributed by atoms with van der Waals surface area (Å²) in [6.07, 6.45) is 0.956. The normalized spacial score (nSPS) is 10.8. The third-order valence-corrected chi connectivity index (χ3v) is 4.67. The fraction of sp³-hybridized carbons (Fsp3) is 0.118. The van der Waals surface area contributed by atoms with Crippen molar-refractivity contribution in [2.45, 2.75) is 13.8 Å². The topological polar surface area (TPSA) is 52.6 Å². The molecule has 0 spiro atoms. The first-order chi connectivity index (χ1) is 10.5. The van der Waals surface area contributed by atoms with Gasteiger partial charge in [0.25, 0.3) is 5.52 Å². The van der Waals surface area contributed by atoms with Crippen LogP contribution in [0.3, 0.4) is 0 Å². The van der Waals surface area contributed by atoms with Crippen LogP contribution in [0.15, 0.2) is 61.2 Å². The molecule has 0 aliphatic rings. The van der Waals surface area contributed by atoms with E-state index in [-0.39, 0.29) is 0 Å². The van der Waals surface area contributed by atoms with Crippen LogP contribution in [0.4, 0.5) is 0 Å². The number of aryl methyl sites for hydroxylation is 2. The molecule has 114 valence electrons. The van der Waals surface area contributed by atoms with Crippen LogP contribution in [0.5, 0.6) is 11.5 Å². The Balaban J connectivity index is 2.39. The molecule has 0 aliphatic carbocycles. The van der Waals surface area contributed by atoms with Crippen LogP contribution in [0.1, 0.15) is 11.1 Å². The average molecular weight is 316 g/mol. The molecule has 0 bridgehead atoms. The highest BCUT2D eigenvalue weighted by Crippen LogP contribution is 2.50. The quantitative estimate of drug-likeness (QED) is 0.574. The van der Waals surface area contributed by atoms with Gasteiger partial charge in [-0.25, -0.2) is 4.57 Å². The largest absolute Gasteiger partial charge is 0.502 e. The van der Waals surface area contributed by atoms with Crippen molar-refractivity contribution in [2.24, 2.45) is 0 Å². The van der Waals surface area contributed by atoms with Gasteiger partial charge in [-0.05, 0) is 43.2 Å². The maximum Gasteiger partial charge on any atom is 0.502 e. The standard InChI is InChI=1S/C17H17O4P/c1-4-17(18)22(19,20-15-11-7-5-9-13(15)2)21-16-12-8-6-10-14(16)3/h4-12H,1H2,2-3H3. The van der Waals surface area contributed by atoms with Crippen LogP contribution < -0.4 is 9.05 Å². The molecule has 0 atom stereocenters. The lowest BCUT2D eigenvalue weighted by Crippen LogP contribution is -2.10. The lowest BCUT2D eigenvalue weighted by molar-refractivity contribution is -0.109. The molecule has 22 heavy (non-hydrogen) atoms. The molecular formula is C17H17O4P. The van der Waals surface area contributed by atoms with Crippen LogP contribution in [-0.4, -0.2) is 5.52 Å². The van der Waals surface area contributed by atoms with Gasteiger partial charge in [0.1, 0.15) is 11.5 Å². The van der Waals surface area contributed by atoms with E-state index in [1.807, 2.05) is 12.1 Å². The zero-order valence-corrected chi connectivity index (χ0v) is 13.4. The Labute approximate surface area is 129 Å². The maximum absolute atomic E-state index is 12.9. The highest BCUT2D eigenvalue weighted by atomic mass is 31.2. The molecule has 5 heteroatoms. The first kappa shape index (κ1) is 16.1. The Morgan fingerprint density at radius 1 is 0.955 bits per heavy atom. The zero-order valence-electron chi connectivity index (χ0n) is 12.5. The minimum absolute atomic E-state index is 0.342. The average Bonchev–Trinajstić information content (AvgIpc) is 2.51. The predicted molar refractivity (Wildman–Crippen MR) is 86.4 cm³/mol. The molecule has 4 nitrogen and oxygen atoms in total. The summed E-state index contributed by atoms with van der Waals surface area (Å²) in [5, 5.41) is 0. The maximum atomic E-state index is 12.9. The van der Waals surface area contributed by atoms with Crippen molar-refractivity contribution in [3.63, 3.8) is 0 Å². The van der Waals surface area contributed by atoms with E-state index in [4.69, 9.17) is 9.05 Å². The second kappa shape index (κ2) is 6.63. The first-order valence-corrected chi connectivity index (χ1v) is 8.28. The van der Waals surface area contributed by atoms with Crippen LogP contribution >= 0.6 is 7.60 Å². The number of benzene rings is 2. The third-order valence-electron chi connectivity index (χ3n) is 3.07. The number of carbonyl (C=O) groups excluding carboxylic acids is 1. The summed E-state index contributed by atoms with van der Waals surface area (Å²) < 4.78 is 23.8. The molecule has 0 N–H and O–H groups in total. The number of rotatable bonds is 6. The van der Waals surface area contributed by atoms with Gasteiger partial charge in [0.15, 0.2) is 0 Å². The SMILES string of the molecule is C=CC(=O)P(=O)(Oc1ccccc1C)Oc1ccccc1C. The molecule has 2 aromatic carbocycles. The smallest absolute Gasteiger partial charge is 0.410 e. The molecule has 0 aliphatic heterocycles. The molecule has 0 saturated carbocycles. The van der Waals surface area contributed by atoms with Crippen molar-refractivity contribution in [1.29, 1.82) is 0 Å². The Hall–Kier alpha value is -2.32. The van der Waals surface area contributed by atoms with Crippen molar-refractivity contribution >= 4 is 13.1 Å². The Bertz CT molecular complexity index is 700. The summed E-state index contributed by atoms with van der Waals surface area (Å²) in [5.74, 6) is 0.684. The third kappa shape index (κ3) is 3.46. The van der Waals surface area contributed by atoms with Crippen molar-refractivity contribution in [1.82, 2.24) is 0 Å². The molecule has 0 fully saturated rings. The van der Waals surface area contributed by atoms with Gasteiger partial charge in [-0.2, -0.15) is 0 Å². The van der Waals surface area contributed by atoms with Gasteiger partial charge in [0, 0.05) is 0 Å². The summed E-state index contributed by atoms with van der Waals surface area (Å²) in [6, 6.07) is 14.0. The van der Waals surface area contributed by atoms with Crippen molar-refractivity contribution in [3.8, 4) is 11.5 Å².